The molecular weight excluding hydrogens is 514 g/mol. The smallest absolute Gasteiger partial charge is 0.269 e. The molecule has 204 valence electrons. The van der Waals surface area contributed by atoms with Gasteiger partial charge in [0.1, 0.15) is 22.4 Å². The standard InChI is InChI=1S/C30H34ClN5O3/c1-6-34(4)11-8-20-14-24(23-9-12-35(5)30(38)28(23)31)22-10-13-36(29(37)25(22)15-20)19(3)26-16-27(39-7-2)21(17-32)18-33-26/h9,12,14-16,18-19H,6-8,10-11,13H2,1-5H3/t19-/m0/s1. The Balaban J connectivity index is 1.77. The number of pyridine rings is 2. The van der Waals surface area contributed by atoms with Gasteiger partial charge in [0.25, 0.3) is 11.5 Å². The number of aryl methyl sites for hydroxylation is 1. The van der Waals surface area contributed by atoms with Gasteiger partial charge in [-0.2, -0.15) is 5.26 Å². The summed E-state index contributed by atoms with van der Waals surface area (Å²) in [7, 11) is 3.73. The van der Waals surface area contributed by atoms with Gasteiger partial charge in [0.05, 0.1) is 18.3 Å². The molecule has 0 unspecified atom stereocenters. The SMILES string of the molecule is CCOc1cc([C@H](C)N2CCc3c(cc(CCN(C)CC)cc3-c3ccn(C)c(=O)c3Cl)C2=O)ncc1C#N. The van der Waals surface area contributed by atoms with Crippen LogP contribution >= 0.6 is 11.6 Å². The molecule has 0 saturated carbocycles. The third kappa shape index (κ3) is 5.70. The van der Waals surface area contributed by atoms with Gasteiger partial charge in [0.2, 0.25) is 0 Å². The van der Waals surface area contributed by atoms with E-state index in [4.69, 9.17) is 16.3 Å². The van der Waals surface area contributed by atoms with E-state index >= 15 is 0 Å². The minimum absolute atomic E-state index is 0.0974. The van der Waals surface area contributed by atoms with Crippen LogP contribution in [-0.4, -0.2) is 58.5 Å². The normalized spacial score (nSPS) is 13.8. The van der Waals surface area contributed by atoms with Crippen molar-refractivity contribution in [1.82, 2.24) is 19.4 Å². The zero-order valence-electron chi connectivity index (χ0n) is 23.1. The number of aromatic nitrogens is 2. The minimum Gasteiger partial charge on any atom is -0.492 e. The Morgan fingerprint density at radius 3 is 2.64 bits per heavy atom. The molecule has 0 fully saturated rings. The van der Waals surface area contributed by atoms with Crippen molar-refractivity contribution in [3.8, 4) is 22.9 Å². The molecule has 0 radical (unpaired) electrons. The van der Waals surface area contributed by atoms with Crippen molar-refractivity contribution in [3.05, 3.63) is 80.0 Å². The number of benzene rings is 1. The number of halogens is 1. The number of carbonyl (C=O) groups is 1. The van der Waals surface area contributed by atoms with Crippen LogP contribution in [0.25, 0.3) is 11.1 Å². The van der Waals surface area contributed by atoms with E-state index in [0.717, 1.165) is 36.2 Å². The Bertz CT molecular complexity index is 1490. The predicted molar refractivity (Wildman–Crippen MR) is 152 cm³/mol. The number of ether oxygens (including phenoxy) is 1. The van der Waals surface area contributed by atoms with E-state index in [0.29, 0.717) is 47.7 Å². The Labute approximate surface area is 234 Å². The van der Waals surface area contributed by atoms with E-state index < -0.39 is 0 Å². The highest BCUT2D eigenvalue weighted by molar-refractivity contribution is 6.33. The predicted octanol–water partition coefficient (Wildman–Crippen LogP) is 4.62. The quantitative estimate of drug-likeness (QED) is 0.388. The summed E-state index contributed by atoms with van der Waals surface area (Å²) in [5, 5.41) is 9.55. The first kappa shape index (κ1) is 28.3. The largest absolute Gasteiger partial charge is 0.492 e. The lowest BCUT2D eigenvalue weighted by Crippen LogP contribution is -2.40. The molecule has 0 saturated heterocycles. The average molecular weight is 548 g/mol. The van der Waals surface area contributed by atoms with Gasteiger partial charge < -0.3 is 19.1 Å². The van der Waals surface area contributed by atoms with E-state index in [-0.39, 0.29) is 22.5 Å². The molecule has 0 N–H and O–H groups in total. The van der Waals surface area contributed by atoms with E-state index in [9.17, 15) is 14.9 Å². The molecule has 8 nitrogen and oxygen atoms in total. The number of amides is 1. The van der Waals surface area contributed by atoms with Crippen molar-refractivity contribution in [3.63, 3.8) is 0 Å². The number of carbonyl (C=O) groups excluding carboxylic acids is 1. The molecule has 1 aliphatic rings. The lowest BCUT2D eigenvalue weighted by Gasteiger charge is -2.35. The molecule has 0 bridgehead atoms. The Morgan fingerprint density at radius 2 is 1.95 bits per heavy atom. The van der Waals surface area contributed by atoms with Crippen LogP contribution in [0, 0.1) is 11.3 Å². The highest BCUT2D eigenvalue weighted by atomic mass is 35.5. The van der Waals surface area contributed by atoms with Crippen LogP contribution in [0.5, 0.6) is 5.75 Å². The molecule has 1 aromatic carbocycles. The Hall–Kier alpha value is -3.67. The first-order valence-electron chi connectivity index (χ1n) is 13.2. The second-order valence-electron chi connectivity index (χ2n) is 9.85. The number of nitriles is 1. The van der Waals surface area contributed by atoms with Crippen LogP contribution in [0.4, 0.5) is 0 Å². The topological polar surface area (TPSA) is 91.5 Å². The van der Waals surface area contributed by atoms with Gasteiger partial charge in [-0.1, -0.05) is 24.6 Å². The monoisotopic (exact) mass is 547 g/mol. The molecule has 2 aromatic heterocycles. The van der Waals surface area contributed by atoms with E-state index in [1.54, 1.807) is 19.3 Å². The number of likely N-dealkylation sites (N-methyl/N-ethyl adjacent to an activating group) is 1. The number of fused-ring (bicyclic) bond motifs is 1. The molecule has 3 aromatic rings. The lowest BCUT2D eigenvalue weighted by molar-refractivity contribution is 0.0669. The van der Waals surface area contributed by atoms with Gasteiger partial charge in [-0.3, -0.25) is 14.6 Å². The summed E-state index contributed by atoms with van der Waals surface area (Å²) in [4.78, 5) is 35.2. The summed E-state index contributed by atoms with van der Waals surface area (Å²) >= 11 is 6.56. The fourth-order valence-corrected chi connectivity index (χ4v) is 5.22. The van der Waals surface area contributed by atoms with E-state index in [2.05, 4.69) is 36.0 Å². The van der Waals surface area contributed by atoms with E-state index in [1.807, 2.05) is 30.9 Å². The second-order valence-corrected chi connectivity index (χ2v) is 10.2. The number of nitrogens with zero attached hydrogens (tertiary/aromatic N) is 5. The summed E-state index contributed by atoms with van der Waals surface area (Å²) in [5.41, 5.74) is 4.76. The minimum atomic E-state index is -0.330. The Kier molecular flexibility index (Phi) is 8.73. The zero-order chi connectivity index (χ0) is 28.3. The second kappa shape index (κ2) is 12.0. The summed E-state index contributed by atoms with van der Waals surface area (Å²) in [6.45, 7) is 8.56. The van der Waals surface area contributed by atoms with Gasteiger partial charge in [-0.25, -0.2) is 0 Å². The molecular formula is C30H34ClN5O3. The highest BCUT2D eigenvalue weighted by Crippen LogP contribution is 2.37. The summed E-state index contributed by atoms with van der Waals surface area (Å²) in [5.74, 6) is 0.367. The van der Waals surface area contributed by atoms with Crippen LogP contribution in [0.2, 0.25) is 5.02 Å². The van der Waals surface area contributed by atoms with Crippen molar-refractivity contribution >= 4 is 17.5 Å². The number of hydrogen-bond donors (Lipinski definition) is 0. The van der Waals surface area contributed by atoms with Crippen LogP contribution in [0.15, 0.2) is 41.5 Å². The van der Waals surface area contributed by atoms with Gasteiger partial charge in [-0.05, 0) is 69.1 Å². The van der Waals surface area contributed by atoms with Gasteiger partial charge in [0.15, 0.2) is 0 Å². The van der Waals surface area contributed by atoms with Crippen molar-refractivity contribution in [2.45, 2.75) is 39.7 Å². The molecule has 0 aliphatic carbocycles. The maximum absolute atomic E-state index is 14.0. The third-order valence-electron chi connectivity index (χ3n) is 7.43. The summed E-state index contributed by atoms with van der Waals surface area (Å²) in [6, 6.07) is 9.42. The fraction of sp³-hybridized carbons (Fsp3) is 0.400. The van der Waals surface area contributed by atoms with Gasteiger partial charge in [0, 0.05) is 49.7 Å². The molecule has 3 heterocycles. The maximum Gasteiger partial charge on any atom is 0.269 e. The van der Waals surface area contributed by atoms with Gasteiger partial charge >= 0.3 is 0 Å². The molecule has 4 rings (SSSR count). The molecule has 1 aliphatic heterocycles. The fourth-order valence-electron chi connectivity index (χ4n) is 4.92. The highest BCUT2D eigenvalue weighted by Gasteiger charge is 2.32. The number of rotatable bonds is 9. The lowest BCUT2D eigenvalue weighted by atomic mass is 9.87. The maximum atomic E-state index is 14.0. The molecule has 1 atom stereocenters. The van der Waals surface area contributed by atoms with Crippen LogP contribution in [0.3, 0.4) is 0 Å². The average Bonchev–Trinajstić information content (AvgIpc) is 2.94. The summed E-state index contributed by atoms with van der Waals surface area (Å²) < 4.78 is 7.10. The summed E-state index contributed by atoms with van der Waals surface area (Å²) in [6.07, 6.45) is 4.57. The van der Waals surface area contributed by atoms with Crippen LogP contribution in [0.1, 0.15) is 59.6 Å². The van der Waals surface area contributed by atoms with Crippen LogP contribution in [-0.2, 0) is 19.9 Å². The zero-order valence-corrected chi connectivity index (χ0v) is 23.9. The molecule has 0 spiro atoms. The van der Waals surface area contributed by atoms with Crippen molar-refractivity contribution < 1.29 is 9.53 Å². The van der Waals surface area contributed by atoms with Gasteiger partial charge in [-0.15, -0.1) is 0 Å². The van der Waals surface area contributed by atoms with E-state index in [1.165, 1.54) is 10.8 Å². The molecule has 39 heavy (non-hydrogen) atoms. The first-order chi connectivity index (χ1) is 18.7. The first-order valence-corrected chi connectivity index (χ1v) is 13.6. The number of hydrogen-bond acceptors (Lipinski definition) is 6. The Morgan fingerprint density at radius 1 is 1.21 bits per heavy atom. The molecule has 1 amide bonds. The molecule has 9 heteroatoms. The van der Waals surface area contributed by atoms with Crippen molar-refractivity contribution in [1.29, 1.82) is 5.26 Å². The van der Waals surface area contributed by atoms with Crippen LogP contribution < -0.4 is 10.3 Å². The van der Waals surface area contributed by atoms with Crippen molar-refractivity contribution in [2.24, 2.45) is 7.05 Å². The van der Waals surface area contributed by atoms with Crippen molar-refractivity contribution in [2.75, 3.05) is 33.3 Å². The third-order valence-corrected chi connectivity index (χ3v) is 7.79.